The van der Waals surface area contributed by atoms with E-state index in [1.54, 1.807) is 12.1 Å². The molecule has 116 valence electrons. The van der Waals surface area contributed by atoms with Gasteiger partial charge in [-0.3, -0.25) is 9.69 Å². The Morgan fingerprint density at radius 3 is 2.38 bits per heavy atom. The van der Waals surface area contributed by atoms with Crippen LogP contribution in [-0.2, 0) is 4.79 Å². The molecule has 1 aromatic rings. The molecule has 0 spiro atoms. The molecule has 1 N–H and O–H groups in total. The monoisotopic (exact) mass is 293 g/mol. The summed E-state index contributed by atoms with van der Waals surface area (Å²) in [7, 11) is 0. The molecule has 1 heterocycles. The number of piperazine rings is 1. The number of nitrogens with zero attached hydrogens (tertiary/aromatic N) is 2. The van der Waals surface area contributed by atoms with E-state index < -0.39 is 0 Å². The first-order chi connectivity index (χ1) is 10.2. The number of carbonyl (C=O) groups is 1. The smallest absolute Gasteiger partial charge is 0.238 e. The highest BCUT2D eigenvalue weighted by atomic mass is 19.1. The number of halogens is 1. The average Bonchev–Trinajstić information content (AvgIpc) is 2.49. The average molecular weight is 293 g/mol. The van der Waals surface area contributed by atoms with E-state index in [9.17, 15) is 9.18 Å². The third-order valence-corrected chi connectivity index (χ3v) is 3.79. The summed E-state index contributed by atoms with van der Waals surface area (Å²) in [6.45, 7) is 7.69. The number of unbranched alkanes of at least 4 members (excludes halogenated alkanes) is 1. The van der Waals surface area contributed by atoms with Crippen molar-refractivity contribution in [1.82, 2.24) is 9.80 Å². The largest absolute Gasteiger partial charge is 0.325 e. The normalized spacial score (nSPS) is 16.9. The summed E-state index contributed by atoms with van der Waals surface area (Å²) in [6.07, 6.45) is 2.46. The van der Waals surface area contributed by atoms with Crippen molar-refractivity contribution in [3.05, 3.63) is 30.1 Å². The second-order valence-electron chi connectivity index (χ2n) is 5.53. The summed E-state index contributed by atoms with van der Waals surface area (Å²) in [4.78, 5) is 16.6. The SMILES string of the molecule is CCCCN1CCN(CC(=O)Nc2ccc(F)cc2)CC1. The van der Waals surface area contributed by atoms with Crippen LogP contribution in [0.2, 0.25) is 0 Å². The summed E-state index contributed by atoms with van der Waals surface area (Å²) in [5.41, 5.74) is 0.642. The zero-order valence-corrected chi connectivity index (χ0v) is 12.6. The van der Waals surface area contributed by atoms with Gasteiger partial charge in [0.15, 0.2) is 0 Å². The minimum absolute atomic E-state index is 0.0383. The Labute approximate surface area is 125 Å². The molecular weight excluding hydrogens is 269 g/mol. The van der Waals surface area contributed by atoms with Crippen molar-refractivity contribution in [1.29, 1.82) is 0 Å². The van der Waals surface area contributed by atoms with Gasteiger partial charge in [-0.15, -0.1) is 0 Å². The second-order valence-corrected chi connectivity index (χ2v) is 5.53. The zero-order chi connectivity index (χ0) is 15.1. The number of amides is 1. The maximum absolute atomic E-state index is 12.8. The molecule has 1 fully saturated rings. The van der Waals surface area contributed by atoms with Crippen LogP contribution in [0, 0.1) is 5.82 Å². The molecule has 1 aliphatic rings. The molecule has 0 atom stereocenters. The predicted molar refractivity (Wildman–Crippen MR) is 82.8 cm³/mol. The summed E-state index contributed by atoms with van der Waals surface area (Å²) in [5, 5.41) is 2.80. The molecule has 5 heteroatoms. The van der Waals surface area contributed by atoms with Gasteiger partial charge in [0.1, 0.15) is 5.82 Å². The van der Waals surface area contributed by atoms with Crippen LogP contribution in [0.15, 0.2) is 24.3 Å². The van der Waals surface area contributed by atoms with Crippen molar-refractivity contribution in [3.63, 3.8) is 0 Å². The fourth-order valence-corrected chi connectivity index (χ4v) is 2.49. The van der Waals surface area contributed by atoms with Crippen LogP contribution in [-0.4, -0.2) is 55.0 Å². The molecule has 0 aliphatic carbocycles. The number of carbonyl (C=O) groups excluding carboxylic acids is 1. The van der Waals surface area contributed by atoms with E-state index in [-0.39, 0.29) is 11.7 Å². The van der Waals surface area contributed by atoms with Gasteiger partial charge in [-0.25, -0.2) is 4.39 Å². The zero-order valence-electron chi connectivity index (χ0n) is 12.6. The Balaban J connectivity index is 1.70. The summed E-state index contributed by atoms with van der Waals surface area (Å²) in [6, 6.07) is 5.86. The lowest BCUT2D eigenvalue weighted by molar-refractivity contribution is -0.117. The Kier molecular flexibility index (Phi) is 6.14. The predicted octanol–water partition coefficient (Wildman–Crippen LogP) is 2.18. The van der Waals surface area contributed by atoms with Gasteiger partial charge >= 0.3 is 0 Å². The molecular formula is C16H24FN3O. The van der Waals surface area contributed by atoms with Crippen LogP contribution >= 0.6 is 0 Å². The molecule has 4 nitrogen and oxygen atoms in total. The fraction of sp³-hybridized carbons (Fsp3) is 0.562. The summed E-state index contributed by atoms with van der Waals surface area (Å²) < 4.78 is 12.8. The molecule has 0 bridgehead atoms. The third kappa shape index (κ3) is 5.44. The lowest BCUT2D eigenvalue weighted by Crippen LogP contribution is -2.48. The number of rotatable bonds is 6. The van der Waals surface area contributed by atoms with Gasteiger partial charge in [0.05, 0.1) is 6.54 Å². The van der Waals surface area contributed by atoms with E-state index in [1.807, 2.05) is 0 Å². The van der Waals surface area contributed by atoms with Crippen molar-refractivity contribution in [2.45, 2.75) is 19.8 Å². The van der Waals surface area contributed by atoms with E-state index in [2.05, 4.69) is 22.0 Å². The van der Waals surface area contributed by atoms with Crippen LogP contribution in [0.25, 0.3) is 0 Å². The first-order valence-electron chi connectivity index (χ1n) is 7.67. The Morgan fingerprint density at radius 2 is 1.76 bits per heavy atom. The van der Waals surface area contributed by atoms with Crippen LogP contribution in [0.1, 0.15) is 19.8 Å². The fourth-order valence-electron chi connectivity index (χ4n) is 2.49. The minimum Gasteiger partial charge on any atom is -0.325 e. The van der Waals surface area contributed by atoms with E-state index in [1.165, 1.54) is 25.0 Å². The maximum atomic E-state index is 12.8. The first kappa shape index (κ1) is 15.9. The molecule has 0 radical (unpaired) electrons. The summed E-state index contributed by atoms with van der Waals surface area (Å²) in [5.74, 6) is -0.334. The number of benzene rings is 1. The standard InChI is InChI=1S/C16H24FN3O/c1-2-3-8-19-9-11-20(12-10-19)13-16(21)18-15-6-4-14(17)5-7-15/h4-7H,2-3,8-13H2,1H3,(H,18,21). The number of nitrogens with one attached hydrogen (secondary N) is 1. The van der Waals surface area contributed by atoms with Gasteiger partial charge in [0.25, 0.3) is 0 Å². The second kappa shape index (κ2) is 8.10. The minimum atomic E-state index is -0.295. The van der Waals surface area contributed by atoms with E-state index in [0.717, 1.165) is 32.7 Å². The van der Waals surface area contributed by atoms with E-state index in [0.29, 0.717) is 12.2 Å². The molecule has 0 aromatic heterocycles. The van der Waals surface area contributed by atoms with Gasteiger partial charge in [-0.2, -0.15) is 0 Å². The van der Waals surface area contributed by atoms with Crippen LogP contribution in [0.3, 0.4) is 0 Å². The van der Waals surface area contributed by atoms with E-state index >= 15 is 0 Å². The van der Waals surface area contributed by atoms with Gasteiger partial charge in [0.2, 0.25) is 5.91 Å². The highest BCUT2D eigenvalue weighted by Crippen LogP contribution is 2.09. The highest BCUT2D eigenvalue weighted by Gasteiger charge is 2.18. The van der Waals surface area contributed by atoms with Gasteiger partial charge in [-0.1, -0.05) is 13.3 Å². The van der Waals surface area contributed by atoms with E-state index in [4.69, 9.17) is 0 Å². The molecule has 1 aromatic carbocycles. The third-order valence-electron chi connectivity index (χ3n) is 3.79. The van der Waals surface area contributed by atoms with Crippen molar-refractivity contribution < 1.29 is 9.18 Å². The molecule has 1 saturated heterocycles. The summed E-state index contributed by atoms with van der Waals surface area (Å²) >= 11 is 0. The van der Waals surface area contributed by atoms with Crippen LogP contribution < -0.4 is 5.32 Å². The van der Waals surface area contributed by atoms with Crippen molar-refractivity contribution in [3.8, 4) is 0 Å². The lowest BCUT2D eigenvalue weighted by Gasteiger charge is -2.34. The number of anilines is 1. The molecule has 0 saturated carbocycles. The first-order valence-corrected chi connectivity index (χ1v) is 7.67. The molecule has 1 amide bonds. The van der Waals surface area contributed by atoms with Crippen LogP contribution in [0.5, 0.6) is 0 Å². The topological polar surface area (TPSA) is 35.6 Å². The Bertz CT molecular complexity index is 441. The Morgan fingerprint density at radius 1 is 1.14 bits per heavy atom. The molecule has 0 unspecified atom stereocenters. The number of hydrogen-bond acceptors (Lipinski definition) is 3. The van der Waals surface area contributed by atoms with Crippen LogP contribution in [0.4, 0.5) is 10.1 Å². The number of hydrogen-bond donors (Lipinski definition) is 1. The highest BCUT2D eigenvalue weighted by molar-refractivity contribution is 5.92. The quantitative estimate of drug-likeness (QED) is 0.873. The van der Waals surface area contributed by atoms with Gasteiger partial charge < -0.3 is 10.2 Å². The lowest BCUT2D eigenvalue weighted by atomic mass is 10.2. The molecule has 21 heavy (non-hydrogen) atoms. The molecule has 2 rings (SSSR count). The van der Waals surface area contributed by atoms with Gasteiger partial charge in [-0.05, 0) is 37.2 Å². The van der Waals surface area contributed by atoms with Crippen molar-refractivity contribution >= 4 is 11.6 Å². The maximum Gasteiger partial charge on any atom is 0.238 e. The van der Waals surface area contributed by atoms with Crippen molar-refractivity contribution in [2.24, 2.45) is 0 Å². The van der Waals surface area contributed by atoms with Gasteiger partial charge in [0, 0.05) is 31.9 Å². The Hall–Kier alpha value is -1.46. The molecule has 1 aliphatic heterocycles. The van der Waals surface area contributed by atoms with Crippen molar-refractivity contribution in [2.75, 3.05) is 44.6 Å².